The number of rotatable bonds is 6. The summed E-state index contributed by atoms with van der Waals surface area (Å²) in [5, 5.41) is 11.0. The average molecular weight is 489 g/mol. The second-order valence-electron chi connectivity index (χ2n) is 8.30. The number of aromatic nitrogens is 2. The molecule has 2 heterocycles. The first-order valence-corrected chi connectivity index (χ1v) is 12.9. The number of nitrogens with zero attached hydrogens (tertiary/aromatic N) is 3. The van der Waals surface area contributed by atoms with E-state index in [1.54, 1.807) is 42.5 Å². The Bertz CT molecular complexity index is 1430. The van der Waals surface area contributed by atoms with Gasteiger partial charge >= 0.3 is 0 Å². The van der Waals surface area contributed by atoms with E-state index in [4.69, 9.17) is 4.42 Å². The lowest BCUT2D eigenvalue weighted by atomic mass is 10.1. The first-order chi connectivity index (χ1) is 17.0. The standard InChI is InChI=1S/C26H24N4O4S/c31-24(27-22-10-7-11-23(18-22)35(32,33)30-16-5-2-6-17-30)19-12-14-21(15-13-19)26-29-28-25(34-26)20-8-3-1-4-9-20/h1,3-4,7-15,18H,2,5-6,16-17H2,(H,27,31). The van der Waals surface area contributed by atoms with Crippen LogP contribution in [0.1, 0.15) is 29.6 Å². The Labute approximate surface area is 203 Å². The number of carbonyl (C=O) groups excluding carboxylic acids is 1. The zero-order chi connectivity index (χ0) is 24.3. The molecule has 35 heavy (non-hydrogen) atoms. The van der Waals surface area contributed by atoms with Crippen LogP contribution in [0.5, 0.6) is 0 Å². The summed E-state index contributed by atoms with van der Waals surface area (Å²) in [5.41, 5.74) is 2.35. The molecule has 1 fully saturated rings. The van der Waals surface area contributed by atoms with Gasteiger partial charge in [0.05, 0.1) is 4.90 Å². The van der Waals surface area contributed by atoms with Gasteiger partial charge in [-0.15, -0.1) is 10.2 Å². The SMILES string of the molecule is O=C(Nc1cccc(S(=O)(=O)N2CCCCC2)c1)c1ccc(-c2nnc(-c3ccccc3)o2)cc1. The number of piperidine rings is 1. The van der Waals surface area contributed by atoms with Crippen molar-refractivity contribution in [3.05, 3.63) is 84.4 Å². The molecule has 4 aromatic rings. The Balaban J connectivity index is 1.29. The topological polar surface area (TPSA) is 105 Å². The van der Waals surface area contributed by atoms with Crippen LogP contribution in [0.3, 0.4) is 0 Å². The molecule has 178 valence electrons. The smallest absolute Gasteiger partial charge is 0.255 e. The molecule has 5 rings (SSSR count). The van der Waals surface area contributed by atoms with Gasteiger partial charge in [-0.1, -0.05) is 30.7 Å². The van der Waals surface area contributed by atoms with Crippen molar-refractivity contribution < 1.29 is 17.6 Å². The fourth-order valence-electron chi connectivity index (χ4n) is 3.99. The Morgan fingerprint density at radius 1 is 0.800 bits per heavy atom. The molecule has 1 aromatic heterocycles. The molecule has 8 nitrogen and oxygen atoms in total. The van der Waals surface area contributed by atoms with Gasteiger partial charge in [0.1, 0.15) is 0 Å². The third-order valence-electron chi connectivity index (χ3n) is 5.88. The third kappa shape index (κ3) is 5.01. The van der Waals surface area contributed by atoms with E-state index in [0.717, 1.165) is 24.8 Å². The maximum atomic E-state index is 13.0. The van der Waals surface area contributed by atoms with E-state index < -0.39 is 10.0 Å². The summed E-state index contributed by atoms with van der Waals surface area (Å²) in [5.74, 6) is 0.424. The van der Waals surface area contributed by atoms with E-state index in [9.17, 15) is 13.2 Å². The molecule has 1 aliphatic heterocycles. The van der Waals surface area contributed by atoms with Crippen molar-refractivity contribution in [2.75, 3.05) is 18.4 Å². The van der Waals surface area contributed by atoms with Crippen molar-refractivity contribution in [3.63, 3.8) is 0 Å². The lowest BCUT2D eigenvalue weighted by molar-refractivity contribution is 0.102. The first kappa shape index (κ1) is 22.9. The van der Waals surface area contributed by atoms with Crippen molar-refractivity contribution in [3.8, 4) is 22.9 Å². The molecular formula is C26H24N4O4S. The molecule has 9 heteroatoms. The van der Waals surface area contributed by atoms with Crippen LogP contribution in [-0.2, 0) is 10.0 Å². The minimum Gasteiger partial charge on any atom is -0.416 e. The summed E-state index contributed by atoms with van der Waals surface area (Å²) >= 11 is 0. The average Bonchev–Trinajstić information content (AvgIpc) is 3.40. The summed E-state index contributed by atoms with van der Waals surface area (Å²) in [6.45, 7) is 1.05. The van der Waals surface area contributed by atoms with Crippen LogP contribution in [0.2, 0.25) is 0 Å². The van der Waals surface area contributed by atoms with E-state index >= 15 is 0 Å². The fourth-order valence-corrected chi connectivity index (χ4v) is 5.56. The maximum Gasteiger partial charge on any atom is 0.255 e. The number of anilines is 1. The Hall–Kier alpha value is -3.82. The zero-order valence-corrected chi connectivity index (χ0v) is 19.7. The normalized spacial score (nSPS) is 14.5. The summed E-state index contributed by atoms with van der Waals surface area (Å²) in [6.07, 6.45) is 2.77. The number of amides is 1. The molecule has 1 saturated heterocycles. The van der Waals surface area contributed by atoms with Gasteiger partial charge in [0, 0.05) is 35.5 Å². The fraction of sp³-hybridized carbons (Fsp3) is 0.192. The van der Waals surface area contributed by atoms with Crippen LogP contribution in [0.25, 0.3) is 22.9 Å². The molecule has 1 aliphatic rings. The number of nitrogens with one attached hydrogen (secondary N) is 1. The summed E-state index contributed by atoms with van der Waals surface area (Å²) in [4.78, 5) is 13.0. The van der Waals surface area contributed by atoms with Gasteiger partial charge in [-0.2, -0.15) is 4.31 Å². The Kier molecular flexibility index (Phi) is 6.43. The lowest BCUT2D eigenvalue weighted by Gasteiger charge is -2.26. The number of carbonyl (C=O) groups is 1. The molecule has 0 atom stereocenters. The second kappa shape index (κ2) is 9.81. The van der Waals surface area contributed by atoms with Crippen LogP contribution >= 0.6 is 0 Å². The highest BCUT2D eigenvalue weighted by Crippen LogP contribution is 2.25. The molecule has 0 aliphatic carbocycles. The summed E-state index contributed by atoms with van der Waals surface area (Å²) in [6, 6.07) is 22.6. The highest BCUT2D eigenvalue weighted by molar-refractivity contribution is 7.89. The minimum absolute atomic E-state index is 0.179. The van der Waals surface area contributed by atoms with Crippen LogP contribution < -0.4 is 5.32 Å². The zero-order valence-electron chi connectivity index (χ0n) is 18.9. The minimum atomic E-state index is -3.58. The number of benzene rings is 3. The van der Waals surface area contributed by atoms with Crippen LogP contribution in [-0.4, -0.2) is 41.9 Å². The van der Waals surface area contributed by atoms with Crippen molar-refractivity contribution in [1.82, 2.24) is 14.5 Å². The van der Waals surface area contributed by atoms with Crippen LogP contribution in [0.15, 0.2) is 88.2 Å². The molecule has 0 radical (unpaired) electrons. The van der Waals surface area contributed by atoms with Gasteiger partial charge in [-0.3, -0.25) is 4.79 Å². The molecule has 3 aromatic carbocycles. The van der Waals surface area contributed by atoms with Crippen LogP contribution in [0.4, 0.5) is 5.69 Å². The van der Waals surface area contributed by atoms with Crippen molar-refractivity contribution in [1.29, 1.82) is 0 Å². The van der Waals surface area contributed by atoms with Gasteiger partial charge in [0.25, 0.3) is 5.91 Å². The summed E-state index contributed by atoms with van der Waals surface area (Å²) < 4.78 is 33.2. The highest BCUT2D eigenvalue weighted by atomic mass is 32.2. The number of hydrogen-bond donors (Lipinski definition) is 1. The van der Waals surface area contributed by atoms with Crippen molar-refractivity contribution >= 4 is 21.6 Å². The molecule has 1 amide bonds. The number of hydrogen-bond acceptors (Lipinski definition) is 6. The van der Waals surface area contributed by atoms with Gasteiger partial charge in [0.15, 0.2) is 0 Å². The molecule has 0 saturated carbocycles. The molecule has 1 N–H and O–H groups in total. The second-order valence-corrected chi connectivity index (χ2v) is 10.2. The third-order valence-corrected chi connectivity index (χ3v) is 7.78. The predicted molar refractivity (Wildman–Crippen MR) is 132 cm³/mol. The van der Waals surface area contributed by atoms with Gasteiger partial charge in [0.2, 0.25) is 21.8 Å². The van der Waals surface area contributed by atoms with Crippen molar-refractivity contribution in [2.24, 2.45) is 0 Å². The predicted octanol–water partition coefficient (Wildman–Crippen LogP) is 4.83. The quantitative estimate of drug-likeness (QED) is 0.417. The molecule has 0 bridgehead atoms. The maximum absolute atomic E-state index is 13.0. The van der Waals surface area contributed by atoms with Gasteiger partial charge in [-0.05, 0) is 67.4 Å². The molecule has 0 spiro atoms. The van der Waals surface area contributed by atoms with E-state index in [-0.39, 0.29) is 10.8 Å². The van der Waals surface area contributed by atoms with Crippen LogP contribution in [0, 0.1) is 0 Å². The molecular weight excluding hydrogens is 464 g/mol. The van der Waals surface area contributed by atoms with E-state index in [2.05, 4.69) is 15.5 Å². The Morgan fingerprint density at radius 3 is 2.14 bits per heavy atom. The lowest BCUT2D eigenvalue weighted by Crippen LogP contribution is -2.35. The first-order valence-electron chi connectivity index (χ1n) is 11.4. The number of sulfonamides is 1. The van der Waals surface area contributed by atoms with E-state index in [1.807, 2.05) is 30.3 Å². The highest BCUT2D eigenvalue weighted by Gasteiger charge is 2.26. The summed E-state index contributed by atoms with van der Waals surface area (Å²) in [7, 11) is -3.58. The van der Waals surface area contributed by atoms with E-state index in [0.29, 0.717) is 41.7 Å². The largest absolute Gasteiger partial charge is 0.416 e. The van der Waals surface area contributed by atoms with Crippen molar-refractivity contribution in [2.45, 2.75) is 24.2 Å². The Morgan fingerprint density at radius 2 is 1.46 bits per heavy atom. The molecule has 0 unspecified atom stereocenters. The van der Waals surface area contributed by atoms with Gasteiger partial charge < -0.3 is 9.73 Å². The van der Waals surface area contributed by atoms with Gasteiger partial charge in [-0.25, -0.2) is 8.42 Å². The monoisotopic (exact) mass is 488 g/mol. The van der Waals surface area contributed by atoms with E-state index in [1.165, 1.54) is 10.4 Å².